The molecule has 6 nitrogen and oxygen atoms in total. The molecule has 0 unspecified atom stereocenters. The molecule has 0 spiro atoms. The van der Waals surface area contributed by atoms with Crippen molar-refractivity contribution in [3.63, 3.8) is 0 Å². The van der Waals surface area contributed by atoms with Crippen molar-refractivity contribution < 1.29 is 9.53 Å². The third-order valence-corrected chi connectivity index (χ3v) is 3.09. The van der Waals surface area contributed by atoms with Gasteiger partial charge in [0.25, 0.3) is 0 Å². The van der Waals surface area contributed by atoms with Crippen LogP contribution in [0.2, 0.25) is 0 Å². The number of anilines is 1. The van der Waals surface area contributed by atoms with Crippen LogP contribution in [-0.4, -0.2) is 29.0 Å². The smallest absolute Gasteiger partial charge is 0.319 e. The normalized spacial score (nSPS) is 16.5. The largest absolute Gasteiger partial charge is 0.362 e. The Bertz CT molecular complexity index is 385. The van der Waals surface area contributed by atoms with Crippen molar-refractivity contribution in [1.29, 1.82) is 0 Å². The summed E-state index contributed by atoms with van der Waals surface area (Å²) in [7, 11) is 1.60. The Kier molecular flexibility index (Phi) is 4.58. The van der Waals surface area contributed by atoms with E-state index < -0.39 is 0 Å². The van der Waals surface area contributed by atoms with Gasteiger partial charge in [-0.1, -0.05) is 19.3 Å². The number of urea groups is 1. The SMILES string of the molecule is COCn1cc(NC(=O)NC2CCCCC2)cn1. The fourth-order valence-electron chi connectivity index (χ4n) is 2.23. The molecule has 1 aliphatic rings. The van der Waals surface area contributed by atoms with Gasteiger partial charge >= 0.3 is 6.03 Å². The van der Waals surface area contributed by atoms with E-state index in [0.717, 1.165) is 12.8 Å². The highest BCUT2D eigenvalue weighted by molar-refractivity contribution is 5.89. The van der Waals surface area contributed by atoms with Crippen LogP contribution in [-0.2, 0) is 11.5 Å². The minimum absolute atomic E-state index is 0.154. The molecule has 1 fully saturated rings. The lowest BCUT2D eigenvalue weighted by atomic mass is 9.96. The van der Waals surface area contributed by atoms with E-state index in [1.54, 1.807) is 24.2 Å². The zero-order valence-corrected chi connectivity index (χ0v) is 10.7. The number of amides is 2. The number of nitrogens with zero attached hydrogens (tertiary/aromatic N) is 2. The monoisotopic (exact) mass is 252 g/mol. The molecule has 2 rings (SSSR count). The van der Waals surface area contributed by atoms with Crippen LogP contribution in [0, 0.1) is 0 Å². The molecule has 0 atom stereocenters. The molecule has 2 amide bonds. The highest BCUT2D eigenvalue weighted by Crippen LogP contribution is 2.17. The molecule has 0 bridgehead atoms. The van der Waals surface area contributed by atoms with Crippen LogP contribution in [0.5, 0.6) is 0 Å². The maximum absolute atomic E-state index is 11.8. The molecular weight excluding hydrogens is 232 g/mol. The summed E-state index contributed by atoms with van der Waals surface area (Å²) < 4.78 is 6.56. The summed E-state index contributed by atoms with van der Waals surface area (Å²) in [5, 5.41) is 9.82. The van der Waals surface area contributed by atoms with Gasteiger partial charge in [-0.15, -0.1) is 0 Å². The van der Waals surface area contributed by atoms with Gasteiger partial charge in [-0.25, -0.2) is 9.48 Å². The molecule has 0 radical (unpaired) electrons. The second-order valence-electron chi connectivity index (χ2n) is 4.62. The minimum atomic E-state index is -0.154. The van der Waals surface area contributed by atoms with Crippen molar-refractivity contribution in [1.82, 2.24) is 15.1 Å². The Labute approximate surface area is 107 Å². The van der Waals surface area contributed by atoms with E-state index in [1.807, 2.05) is 0 Å². The molecule has 0 aromatic carbocycles. The minimum Gasteiger partial charge on any atom is -0.362 e. The Hall–Kier alpha value is -1.56. The van der Waals surface area contributed by atoms with Crippen LogP contribution in [0.3, 0.4) is 0 Å². The quantitative estimate of drug-likeness (QED) is 0.860. The van der Waals surface area contributed by atoms with Crippen molar-refractivity contribution >= 4 is 11.7 Å². The van der Waals surface area contributed by atoms with E-state index in [2.05, 4.69) is 15.7 Å². The van der Waals surface area contributed by atoms with Crippen LogP contribution < -0.4 is 10.6 Å². The third-order valence-electron chi connectivity index (χ3n) is 3.09. The summed E-state index contributed by atoms with van der Waals surface area (Å²) >= 11 is 0. The van der Waals surface area contributed by atoms with E-state index in [9.17, 15) is 4.79 Å². The molecule has 100 valence electrons. The summed E-state index contributed by atoms with van der Waals surface area (Å²) in [4.78, 5) is 11.8. The topological polar surface area (TPSA) is 68.2 Å². The van der Waals surface area contributed by atoms with Crippen LogP contribution >= 0.6 is 0 Å². The van der Waals surface area contributed by atoms with Crippen molar-refractivity contribution in [3.05, 3.63) is 12.4 Å². The Morgan fingerprint density at radius 3 is 3.00 bits per heavy atom. The van der Waals surface area contributed by atoms with E-state index in [1.165, 1.54) is 19.3 Å². The molecule has 0 aliphatic heterocycles. The summed E-state index contributed by atoms with van der Waals surface area (Å²) in [6.45, 7) is 0.381. The van der Waals surface area contributed by atoms with Gasteiger partial charge in [0, 0.05) is 13.2 Å². The van der Waals surface area contributed by atoms with E-state index in [0.29, 0.717) is 18.5 Å². The standard InChI is InChI=1S/C12H20N4O2/c1-18-9-16-8-11(7-13-16)15-12(17)14-10-5-3-2-4-6-10/h7-8,10H,2-6,9H2,1H3,(H2,14,15,17). The lowest BCUT2D eigenvalue weighted by molar-refractivity contribution is 0.120. The molecule has 1 heterocycles. The zero-order valence-electron chi connectivity index (χ0n) is 10.7. The number of nitrogens with one attached hydrogen (secondary N) is 2. The maximum atomic E-state index is 11.8. The summed E-state index contributed by atoms with van der Waals surface area (Å²) in [5.41, 5.74) is 0.681. The first-order chi connectivity index (χ1) is 8.78. The molecule has 18 heavy (non-hydrogen) atoms. The van der Waals surface area contributed by atoms with Crippen molar-refractivity contribution in [3.8, 4) is 0 Å². The van der Waals surface area contributed by atoms with Gasteiger partial charge in [0.1, 0.15) is 6.73 Å². The van der Waals surface area contributed by atoms with Crippen LogP contribution in [0.4, 0.5) is 10.5 Å². The first kappa shape index (κ1) is 12.9. The zero-order chi connectivity index (χ0) is 12.8. The number of hydrogen-bond acceptors (Lipinski definition) is 3. The Balaban J connectivity index is 1.78. The molecule has 1 aromatic rings. The molecule has 2 N–H and O–H groups in total. The van der Waals surface area contributed by atoms with Gasteiger partial charge in [-0.3, -0.25) is 0 Å². The third kappa shape index (κ3) is 3.73. The van der Waals surface area contributed by atoms with E-state index >= 15 is 0 Å². The molecular formula is C12H20N4O2. The average molecular weight is 252 g/mol. The summed E-state index contributed by atoms with van der Waals surface area (Å²) in [6, 6.07) is 0.159. The Morgan fingerprint density at radius 1 is 1.50 bits per heavy atom. The number of ether oxygens (including phenoxy) is 1. The number of carbonyl (C=O) groups is 1. The molecule has 0 saturated heterocycles. The number of rotatable bonds is 4. The van der Waals surface area contributed by atoms with Crippen molar-refractivity contribution in [2.75, 3.05) is 12.4 Å². The molecule has 1 aliphatic carbocycles. The molecule has 1 saturated carbocycles. The van der Waals surface area contributed by atoms with Gasteiger partial charge in [-0.05, 0) is 12.8 Å². The van der Waals surface area contributed by atoms with Crippen molar-refractivity contribution in [2.45, 2.75) is 44.9 Å². The number of methoxy groups -OCH3 is 1. The fraction of sp³-hybridized carbons (Fsp3) is 0.667. The first-order valence-corrected chi connectivity index (χ1v) is 6.37. The lowest BCUT2D eigenvalue weighted by Crippen LogP contribution is -2.38. The van der Waals surface area contributed by atoms with Gasteiger partial charge in [0.05, 0.1) is 18.1 Å². The predicted octanol–water partition coefficient (Wildman–Crippen LogP) is 1.94. The highest BCUT2D eigenvalue weighted by Gasteiger charge is 2.15. The van der Waals surface area contributed by atoms with E-state index in [-0.39, 0.29) is 6.03 Å². The van der Waals surface area contributed by atoms with Crippen LogP contribution in [0.25, 0.3) is 0 Å². The summed E-state index contributed by atoms with van der Waals surface area (Å²) in [6.07, 6.45) is 9.20. The maximum Gasteiger partial charge on any atom is 0.319 e. The molecule has 6 heteroatoms. The van der Waals surface area contributed by atoms with Gasteiger partial charge in [0.15, 0.2) is 0 Å². The van der Waals surface area contributed by atoms with Gasteiger partial charge in [-0.2, -0.15) is 5.10 Å². The second-order valence-corrected chi connectivity index (χ2v) is 4.62. The highest BCUT2D eigenvalue weighted by atomic mass is 16.5. The fourth-order valence-corrected chi connectivity index (χ4v) is 2.23. The number of carbonyl (C=O) groups excluding carboxylic acids is 1. The van der Waals surface area contributed by atoms with Gasteiger partial charge < -0.3 is 15.4 Å². The molecule has 1 aromatic heterocycles. The van der Waals surface area contributed by atoms with Crippen molar-refractivity contribution in [2.24, 2.45) is 0 Å². The first-order valence-electron chi connectivity index (χ1n) is 6.37. The van der Waals surface area contributed by atoms with Crippen LogP contribution in [0.15, 0.2) is 12.4 Å². The van der Waals surface area contributed by atoms with E-state index in [4.69, 9.17) is 4.74 Å². The average Bonchev–Trinajstić information content (AvgIpc) is 2.78. The number of aromatic nitrogens is 2. The lowest BCUT2D eigenvalue weighted by Gasteiger charge is -2.22. The predicted molar refractivity (Wildman–Crippen MR) is 68.3 cm³/mol. The Morgan fingerprint density at radius 2 is 2.28 bits per heavy atom. The van der Waals surface area contributed by atoms with Gasteiger partial charge in [0.2, 0.25) is 0 Å². The number of hydrogen-bond donors (Lipinski definition) is 2. The van der Waals surface area contributed by atoms with Crippen LogP contribution in [0.1, 0.15) is 32.1 Å². The summed E-state index contributed by atoms with van der Waals surface area (Å²) in [5.74, 6) is 0. The second kappa shape index (κ2) is 6.39.